The lowest BCUT2D eigenvalue weighted by Gasteiger charge is -2.21. The lowest BCUT2D eigenvalue weighted by molar-refractivity contribution is 0.283. The number of ether oxygens (including phenoxy) is 1. The first-order valence-corrected chi connectivity index (χ1v) is 9.57. The number of rotatable bonds is 4. The van der Waals surface area contributed by atoms with Crippen LogP contribution in [0.5, 0.6) is 0 Å². The second-order valence-electron chi connectivity index (χ2n) is 5.83. The van der Waals surface area contributed by atoms with Gasteiger partial charge >= 0.3 is 0 Å². The van der Waals surface area contributed by atoms with Crippen LogP contribution in [0.2, 0.25) is 0 Å². The van der Waals surface area contributed by atoms with Crippen LogP contribution in [0.3, 0.4) is 0 Å². The summed E-state index contributed by atoms with van der Waals surface area (Å²) in [6.07, 6.45) is 1.36. The van der Waals surface area contributed by atoms with E-state index in [0.717, 1.165) is 28.6 Å². The average molecular weight is 312 g/mol. The molecule has 0 aliphatic carbocycles. The van der Waals surface area contributed by atoms with Gasteiger partial charge in [-0.25, -0.2) is 0 Å². The quantitative estimate of drug-likeness (QED) is 0.711. The zero-order valence-corrected chi connectivity index (χ0v) is 13.9. The number of methoxy groups -OCH3 is 1. The molecular weight excluding hydrogens is 291 g/mol. The Morgan fingerprint density at radius 1 is 1.05 bits per heavy atom. The highest BCUT2D eigenvalue weighted by Gasteiger charge is 2.43. The van der Waals surface area contributed by atoms with Gasteiger partial charge in [0.15, 0.2) is 0 Å². The summed E-state index contributed by atoms with van der Waals surface area (Å²) in [5.41, 5.74) is 2.28. The van der Waals surface area contributed by atoms with E-state index in [0.29, 0.717) is 6.16 Å². The van der Waals surface area contributed by atoms with E-state index in [1.54, 1.807) is 7.11 Å². The second-order valence-corrected chi connectivity index (χ2v) is 9.07. The molecular formula is C19H21O2P. The summed E-state index contributed by atoms with van der Waals surface area (Å²) in [6, 6.07) is 20.1. The van der Waals surface area contributed by atoms with E-state index in [9.17, 15) is 4.57 Å². The van der Waals surface area contributed by atoms with Crippen LogP contribution in [-0.4, -0.2) is 12.8 Å². The Morgan fingerprint density at radius 3 is 2.23 bits per heavy atom. The summed E-state index contributed by atoms with van der Waals surface area (Å²) in [4.78, 5) is 0. The molecule has 0 saturated heterocycles. The SMILES string of the molecule is COC1=C(c2ccccc2)[P@@](=O)(Cc2ccccc2)[C@@H](C)C1. The van der Waals surface area contributed by atoms with E-state index < -0.39 is 7.14 Å². The third-order valence-electron chi connectivity index (χ3n) is 4.39. The maximum Gasteiger partial charge on any atom is 0.126 e. The minimum Gasteiger partial charge on any atom is -0.500 e. The summed E-state index contributed by atoms with van der Waals surface area (Å²) in [5, 5.41) is 0.937. The molecule has 1 aliphatic rings. The molecule has 0 unspecified atom stereocenters. The van der Waals surface area contributed by atoms with Crippen molar-refractivity contribution in [2.75, 3.05) is 7.11 Å². The van der Waals surface area contributed by atoms with Gasteiger partial charge in [-0.1, -0.05) is 67.6 Å². The Labute approximate surface area is 132 Å². The third-order valence-corrected chi connectivity index (χ3v) is 8.10. The molecule has 2 atom stereocenters. The Hall–Kier alpha value is -1.79. The zero-order valence-electron chi connectivity index (χ0n) is 13.0. The Bertz CT molecular complexity index is 720. The van der Waals surface area contributed by atoms with Crippen LogP contribution in [-0.2, 0) is 15.5 Å². The van der Waals surface area contributed by atoms with Crippen molar-refractivity contribution < 1.29 is 9.30 Å². The van der Waals surface area contributed by atoms with Crippen molar-refractivity contribution in [2.45, 2.75) is 25.2 Å². The van der Waals surface area contributed by atoms with Crippen molar-refractivity contribution in [3.63, 3.8) is 0 Å². The van der Waals surface area contributed by atoms with Gasteiger partial charge in [0.05, 0.1) is 12.4 Å². The van der Waals surface area contributed by atoms with E-state index in [2.05, 4.69) is 19.1 Å². The molecule has 22 heavy (non-hydrogen) atoms. The summed E-state index contributed by atoms with van der Waals surface area (Å²) in [7, 11) is -0.849. The van der Waals surface area contributed by atoms with Gasteiger partial charge in [0, 0.05) is 18.2 Å². The maximum absolute atomic E-state index is 13.9. The fraction of sp³-hybridized carbons (Fsp3) is 0.263. The molecule has 0 spiro atoms. The summed E-state index contributed by atoms with van der Waals surface area (Å²) >= 11 is 0. The van der Waals surface area contributed by atoms with Crippen molar-refractivity contribution in [1.82, 2.24) is 0 Å². The first-order valence-electron chi connectivity index (χ1n) is 7.61. The van der Waals surface area contributed by atoms with Crippen LogP contribution in [0.1, 0.15) is 24.5 Å². The zero-order chi connectivity index (χ0) is 15.6. The lowest BCUT2D eigenvalue weighted by atomic mass is 10.1. The number of allylic oxidation sites excluding steroid dienone is 1. The standard InChI is InChI=1S/C19H21O2P/c1-15-13-18(21-2)19(17-11-7-4-8-12-17)22(15,20)14-16-9-5-3-6-10-16/h3-12,15H,13-14H2,1-2H3/t15-,22+/m0/s1. The Kier molecular flexibility index (Phi) is 4.22. The molecule has 1 aliphatic heterocycles. The molecule has 3 rings (SSSR count). The molecule has 2 nitrogen and oxygen atoms in total. The number of hydrogen-bond acceptors (Lipinski definition) is 2. The van der Waals surface area contributed by atoms with E-state index in [1.165, 1.54) is 0 Å². The van der Waals surface area contributed by atoms with Crippen molar-refractivity contribution in [1.29, 1.82) is 0 Å². The molecule has 114 valence electrons. The summed E-state index contributed by atoms with van der Waals surface area (Å²) in [6.45, 7) is 2.08. The Morgan fingerprint density at radius 2 is 1.64 bits per heavy atom. The van der Waals surface area contributed by atoms with Gasteiger partial charge in [-0.05, 0) is 11.1 Å². The van der Waals surface area contributed by atoms with E-state index in [-0.39, 0.29) is 5.66 Å². The van der Waals surface area contributed by atoms with Crippen molar-refractivity contribution >= 4 is 12.5 Å². The van der Waals surface area contributed by atoms with Gasteiger partial charge in [0.1, 0.15) is 12.9 Å². The minimum absolute atomic E-state index is 0.123. The van der Waals surface area contributed by atoms with Crippen LogP contribution in [0, 0.1) is 0 Å². The molecule has 3 heteroatoms. The molecule has 1 heterocycles. The molecule has 0 bridgehead atoms. The van der Waals surface area contributed by atoms with E-state index in [4.69, 9.17) is 4.74 Å². The van der Waals surface area contributed by atoms with Crippen molar-refractivity contribution in [3.05, 3.63) is 77.5 Å². The molecule has 2 aromatic rings. The number of hydrogen-bond donors (Lipinski definition) is 0. The van der Waals surface area contributed by atoms with Gasteiger partial charge in [-0.15, -0.1) is 0 Å². The fourth-order valence-corrected chi connectivity index (χ4v) is 6.50. The van der Waals surface area contributed by atoms with Crippen LogP contribution in [0.15, 0.2) is 66.4 Å². The first-order chi connectivity index (χ1) is 10.6. The molecule has 2 aromatic carbocycles. The first kappa shape index (κ1) is 15.1. The molecule has 0 aromatic heterocycles. The minimum atomic E-state index is -2.53. The third kappa shape index (κ3) is 2.64. The predicted molar refractivity (Wildman–Crippen MR) is 92.2 cm³/mol. The highest BCUT2D eigenvalue weighted by molar-refractivity contribution is 7.74. The van der Waals surface area contributed by atoms with Crippen molar-refractivity contribution in [2.24, 2.45) is 0 Å². The van der Waals surface area contributed by atoms with E-state index in [1.807, 2.05) is 48.5 Å². The monoisotopic (exact) mass is 312 g/mol. The lowest BCUT2D eigenvalue weighted by Crippen LogP contribution is -2.01. The van der Waals surface area contributed by atoms with Gasteiger partial charge in [0.2, 0.25) is 0 Å². The van der Waals surface area contributed by atoms with Crippen molar-refractivity contribution in [3.8, 4) is 0 Å². The molecule has 0 radical (unpaired) electrons. The smallest absolute Gasteiger partial charge is 0.126 e. The van der Waals surface area contributed by atoms with Crippen LogP contribution >= 0.6 is 7.14 Å². The topological polar surface area (TPSA) is 26.3 Å². The van der Waals surface area contributed by atoms with Gasteiger partial charge in [0.25, 0.3) is 0 Å². The highest BCUT2D eigenvalue weighted by Crippen LogP contribution is 2.70. The van der Waals surface area contributed by atoms with Crippen LogP contribution in [0.25, 0.3) is 5.31 Å². The Balaban J connectivity index is 2.08. The average Bonchev–Trinajstić information content (AvgIpc) is 2.80. The molecule has 0 saturated carbocycles. The normalized spacial score (nSPS) is 24.5. The van der Waals surface area contributed by atoms with Gasteiger partial charge < -0.3 is 9.30 Å². The highest BCUT2D eigenvalue weighted by atomic mass is 31.2. The van der Waals surface area contributed by atoms with Crippen LogP contribution in [0.4, 0.5) is 0 Å². The van der Waals surface area contributed by atoms with E-state index >= 15 is 0 Å². The predicted octanol–water partition coefficient (Wildman–Crippen LogP) is 5.36. The van der Waals surface area contributed by atoms with Gasteiger partial charge in [-0.2, -0.15) is 0 Å². The molecule has 0 fully saturated rings. The summed E-state index contributed by atoms with van der Waals surface area (Å²) < 4.78 is 19.5. The summed E-state index contributed by atoms with van der Waals surface area (Å²) in [5.74, 6) is 0.887. The van der Waals surface area contributed by atoms with Gasteiger partial charge in [-0.3, -0.25) is 0 Å². The maximum atomic E-state index is 13.9. The van der Waals surface area contributed by atoms with Crippen LogP contribution < -0.4 is 0 Å². The molecule has 0 amide bonds. The fourth-order valence-electron chi connectivity index (χ4n) is 3.19. The number of benzene rings is 2. The largest absolute Gasteiger partial charge is 0.500 e. The second kappa shape index (κ2) is 6.14. The molecule has 0 N–H and O–H groups in total.